The lowest BCUT2D eigenvalue weighted by Gasteiger charge is -2.10. The van der Waals surface area contributed by atoms with E-state index >= 15 is 0 Å². The van der Waals surface area contributed by atoms with Crippen LogP contribution >= 0.6 is 0 Å². The second-order valence-electron chi connectivity index (χ2n) is 3.86. The van der Waals surface area contributed by atoms with Crippen molar-refractivity contribution in [2.75, 3.05) is 12.0 Å². The number of rotatable bonds is 3. The first kappa shape index (κ1) is 13.3. The van der Waals surface area contributed by atoms with E-state index < -0.39 is 15.7 Å². The number of nitrogens with zero attached hydrogens (tertiary/aromatic N) is 1. The number of anilines is 1. The third-order valence-corrected chi connectivity index (χ3v) is 3.42. The highest BCUT2D eigenvalue weighted by molar-refractivity contribution is 7.90. The third kappa shape index (κ3) is 3.00. The fourth-order valence-electron chi connectivity index (χ4n) is 1.45. The fraction of sp³-hybridized carbons (Fsp3) is 0.0833. The largest absolute Gasteiger partial charge is 0.436 e. The molecule has 0 aliphatic rings. The van der Waals surface area contributed by atoms with Gasteiger partial charge in [-0.2, -0.15) is 0 Å². The molecule has 2 N–H and O–H groups in total. The van der Waals surface area contributed by atoms with E-state index in [9.17, 15) is 12.8 Å². The van der Waals surface area contributed by atoms with Gasteiger partial charge in [0.1, 0.15) is 10.7 Å². The van der Waals surface area contributed by atoms with Crippen LogP contribution in [0, 0.1) is 5.82 Å². The number of aromatic nitrogens is 1. The summed E-state index contributed by atoms with van der Waals surface area (Å²) >= 11 is 0. The van der Waals surface area contributed by atoms with Gasteiger partial charge in [-0.3, -0.25) is 0 Å². The lowest BCUT2D eigenvalue weighted by atomic mass is 10.3. The first-order valence-electron chi connectivity index (χ1n) is 5.26. The predicted octanol–water partition coefficient (Wildman–Crippen LogP) is 2.00. The zero-order valence-corrected chi connectivity index (χ0v) is 10.8. The van der Waals surface area contributed by atoms with Crippen LogP contribution in [0.5, 0.6) is 11.6 Å². The van der Waals surface area contributed by atoms with Crippen molar-refractivity contribution in [3.05, 3.63) is 42.3 Å². The molecule has 0 aliphatic carbocycles. The van der Waals surface area contributed by atoms with Crippen LogP contribution in [0.2, 0.25) is 0 Å². The Morgan fingerprint density at radius 1 is 1.32 bits per heavy atom. The molecule has 0 saturated carbocycles. The van der Waals surface area contributed by atoms with Gasteiger partial charge in [-0.25, -0.2) is 17.8 Å². The van der Waals surface area contributed by atoms with Crippen LogP contribution in [0.25, 0.3) is 0 Å². The number of nitrogens with two attached hydrogens (primary N) is 1. The van der Waals surface area contributed by atoms with E-state index in [1.54, 1.807) is 0 Å². The number of sulfone groups is 1. The normalized spacial score (nSPS) is 11.3. The van der Waals surface area contributed by atoms with E-state index in [0.29, 0.717) is 0 Å². The van der Waals surface area contributed by atoms with Crippen LogP contribution < -0.4 is 10.5 Å². The average Bonchev–Trinajstić information content (AvgIpc) is 2.32. The van der Waals surface area contributed by atoms with Gasteiger partial charge in [0.15, 0.2) is 15.6 Å². The highest BCUT2D eigenvalue weighted by atomic mass is 32.2. The van der Waals surface area contributed by atoms with Gasteiger partial charge in [0.05, 0.1) is 5.69 Å². The van der Waals surface area contributed by atoms with Crippen molar-refractivity contribution in [3.8, 4) is 11.6 Å². The summed E-state index contributed by atoms with van der Waals surface area (Å²) in [6.07, 6.45) is 2.44. The summed E-state index contributed by atoms with van der Waals surface area (Å²) in [6.45, 7) is 0. The molecule has 0 atom stereocenters. The molecule has 0 amide bonds. The summed E-state index contributed by atoms with van der Waals surface area (Å²) < 4.78 is 41.4. The number of nitrogen functional groups attached to an aromatic ring is 1. The summed E-state index contributed by atoms with van der Waals surface area (Å²) in [5, 5.41) is 0. The third-order valence-electron chi connectivity index (χ3n) is 2.31. The maximum absolute atomic E-state index is 12.9. The van der Waals surface area contributed by atoms with Gasteiger partial charge in [0.2, 0.25) is 5.88 Å². The number of hydrogen-bond donors (Lipinski definition) is 1. The lowest BCUT2D eigenvalue weighted by molar-refractivity contribution is 0.448. The Balaban J connectivity index is 2.44. The number of hydrogen-bond acceptors (Lipinski definition) is 5. The molecule has 19 heavy (non-hydrogen) atoms. The molecule has 0 aliphatic heterocycles. The minimum atomic E-state index is -3.48. The molecule has 7 heteroatoms. The summed E-state index contributed by atoms with van der Waals surface area (Å²) in [7, 11) is -3.48. The molecule has 100 valence electrons. The number of halogens is 1. The summed E-state index contributed by atoms with van der Waals surface area (Å²) in [6, 6.07) is 6.41. The van der Waals surface area contributed by atoms with E-state index in [1.165, 1.54) is 24.4 Å². The molecule has 0 unspecified atom stereocenters. The van der Waals surface area contributed by atoms with Crippen LogP contribution in [-0.4, -0.2) is 19.7 Å². The maximum atomic E-state index is 12.9. The van der Waals surface area contributed by atoms with Crippen LogP contribution in [0.3, 0.4) is 0 Å². The van der Waals surface area contributed by atoms with E-state index in [2.05, 4.69) is 4.98 Å². The Bertz CT molecular complexity index is 717. The van der Waals surface area contributed by atoms with Crippen molar-refractivity contribution in [1.82, 2.24) is 4.98 Å². The van der Waals surface area contributed by atoms with Crippen LogP contribution in [-0.2, 0) is 9.84 Å². The molecule has 0 bridgehead atoms. The number of benzene rings is 1. The molecular formula is C12H11FN2O3S. The zero-order chi connectivity index (χ0) is 14.0. The molecule has 0 saturated heterocycles. The van der Waals surface area contributed by atoms with Crippen molar-refractivity contribution in [3.63, 3.8) is 0 Å². The highest BCUT2D eigenvalue weighted by Gasteiger charge is 2.16. The minimum Gasteiger partial charge on any atom is -0.436 e. The highest BCUT2D eigenvalue weighted by Crippen LogP contribution is 2.30. The van der Waals surface area contributed by atoms with Crippen LogP contribution in [0.15, 0.2) is 41.4 Å². The van der Waals surface area contributed by atoms with Crippen molar-refractivity contribution in [2.45, 2.75) is 4.90 Å². The Kier molecular flexibility index (Phi) is 3.39. The van der Waals surface area contributed by atoms with Gasteiger partial charge in [-0.05, 0) is 24.3 Å². The molecule has 0 spiro atoms. The molecule has 5 nitrogen and oxygen atoms in total. The van der Waals surface area contributed by atoms with Gasteiger partial charge in [0, 0.05) is 18.5 Å². The average molecular weight is 282 g/mol. The number of ether oxygens (including phenoxy) is 1. The molecule has 0 fully saturated rings. The second kappa shape index (κ2) is 4.85. The Labute approximate surface area is 109 Å². The second-order valence-corrected chi connectivity index (χ2v) is 5.85. The van der Waals surface area contributed by atoms with Crippen LogP contribution in [0.4, 0.5) is 10.1 Å². The molecule has 1 aromatic carbocycles. The Morgan fingerprint density at radius 2 is 2.05 bits per heavy atom. The fourth-order valence-corrected chi connectivity index (χ4v) is 2.19. The van der Waals surface area contributed by atoms with Gasteiger partial charge in [-0.1, -0.05) is 0 Å². The van der Waals surface area contributed by atoms with Crippen molar-refractivity contribution >= 4 is 15.5 Å². The molecule has 2 rings (SSSR count). The smallest absolute Gasteiger partial charge is 0.238 e. The van der Waals surface area contributed by atoms with Crippen molar-refractivity contribution < 1.29 is 17.5 Å². The summed E-state index contributed by atoms with van der Waals surface area (Å²) in [4.78, 5) is 3.80. The SMILES string of the molecule is CS(=O)(=O)c1cccnc1Oc1ccc(F)cc1N. The quantitative estimate of drug-likeness (QED) is 0.871. The summed E-state index contributed by atoms with van der Waals surface area (Å²) in [5.74, 6) is -0.456. The standard InChI is InChI=1S/C12H11FN2O3S/c1-19(16,17)11-3-2-6-15-12(11)18-10-5-4-8(13)7-9(10)14/h2-7H,14H2,1H3. The summed E-state index contributed by atoms with van der Waals surface area (Å²) in [5.41, 5.74) is 5.65. The minimum absolute atomic E-state index is 0.0567. The van der Waals surface area contributed by atoms with Gasteiger partial charge in [0.25, 0.3) is 0 Å². The van der Waals surface area contributed by atoms with Crippen molar-refractivity contribution in [1.29, 1.82) is 0 Å². The Morgan fingerprint density at radius 3 is 2.68 bits per heavy atom. The first-order valence-corrected chi connectivity index (χ1v) is 7.15. The van der Waals surface area contributed by atoms with Gasteiger partial charge >= 0.3 is 0 Å². The van der Waals surface area contributed by atoms with E-state index in [-0.39, 0.29) is 22.2 Å². The monoisotopic (exact) mass is 282 g/mol. The first-order chi connectivity index (χ1) is 8.88. The predicted molar refractivity (Wildman–Crippen MR) is 68.2 cm³/mol. The van der Waals surface area contributed by atoms with Crippen molar-refractivity contribution in [2.24, 2.45) is 0 Å². The zero-order valence-electron chi connectivity index (χ0n) is 10.00. The topological polar surface area (TPSA) is 82.3 Å². The van der Waals surface area contributed by atoms with Crippen LogP contribution in [0.1, 0.15) is 0 Å². The molecule has 2 aromatic rings. The Hall–Kier alpha value is -2.15. The molecule has 0 radical (unpaired) electrons. The molecule has 1 aromatic heterocycles. The van der Waals surface area contributed by atoms with E-state index in [4.69, 9.17) is 10.5 Å². The molecule has 1 heterocycles. The van der Waals surface area contributed by atoms with Gasteiger partial charge < -0.3 is 10.5 Å². The van der Waals surface area contributed by atoms with E-state index in [0.717, 1.165) is 18.4 Å². The number of pyridine rings is 1. The lowest BCUT2D eigenvalue weighted by Crippen LogP contribution is -2.02. The van der Waals surface area contributed by atoms with Gasteiger partial charge in [-0.15, -0.1) is 0 Å². The maximum Gasteiger partial charge on any atom is 0.238 e. The molecular weight excluding hydrogens is 271 g/mol. The van der Waals surface area contributed by atoms with E-state index in [1.807, 2.05) is 0 Å².